The van der Waals surface area contributed by atoms with Crippen molar-refractivity contribution in [3.05, 3.63) is 58.6 Å². The third-order valence-electron chi connectivity index (χ3n) is 3.49. The highest BCUT2D eigenvalue weighted by Gasteiger charge is 2.18. The molecule has 4 nitrogen and oxygen atoms in total. The van der Waals surface area contributed by atoms with Crippen LogP contribution >= 0.6 is 11.6 Å². The fraction of sp³-hybridized carbons (Fsp3) is 0.263. The molecule has 0 aromatic heterocycles. The summed E-state index contributed by atoms with van der Waals surface area (Å²) in [5.74, 6) is 0.477. The smallest absolute Gasteiger partial charge is 0.352 e. The lowest BCUT2D eigenvalue weighted by molar-refractivity contribution is -0.141. The number of ether oxygens (including phenoxy) is 2. The number of rotatable bonds is 6. The summed E-state index contributed by atoms with van der Waals surface area (Å²) in [5, 5.41) is 0.608. The van der Waals surface area contributed by atoms with Crippen molar-refractivity contribution < 1.29 is 19.1 Å². The summed E-state index contributed by atoms with van der Waals surface area (Å²) in [6.07, 6.45) is -0.341. The molecule has 0 aliphatic rings. The molecule has 1 atom stereocenters. The van der Waals surface area contributed by atoms with Crippen molar-refractivity contribution in [2.24, 2.45) is 0 Å². The highest BCUT2D eigenvalue weighted by Crippen LogP contribution is 2.23. The van der Waals surface area contributed by atoms with Crippen LogP contribution < -0.4 is 9.47 Å². The maximum atomic E-state index is 12.1. The van der Waals surface area contributed by atoms with E-state index in [9.17, 15) is 9.59 Å². The van der Waals surface area contributed by atoms with Crippen molar-refractivity contribution in [2.75, 3.05) is 0 Å². The van der Waals surface area contributed by atoms with Gasteiger partial charge >= 0.3 is 5.97 Å². The normalized spacial score (nSPS) is 11.7. The van der Waals surface area contributed by atoms with Gasteiger partial charge in [-0.05, 0) is 61.9 Å². The molecule has 1 unspecified atom stereocenters. The molecule has 0 aliphatic heterocycles. The van der Waals surface area contributed by atoms with Crippen molar-refractivity contribution >= 4 is 23.4 Å². The predicted octanol–water partition coefficient (Wildman–Crippen LogP) is 4.61. The number of carbonyl (C=O) groups is 2. The molecule has 2 aromatic carbocycles. The minimum atomic E-state index is -0.776. The maximum Gasteiger partial charge on any atom is 0.352 e. The monoisotopic (exact) mass is 346 g/mol. The van der Waals surface area contributed by atoms with Gasteiger partial charge in [0, 0.05) is 17.0 Å². The minimum absolute atomic E-state index is 0.0443. The van der Waals surface area contributed by atoms with E-state index in [0.29, 0.717) is 28.5 Å². The Morgan fingerprint density at radius 1 is 1.12 bits per heavy atom. The molecule has 0 heterocycles. The SMILES string of the molecule is CCC(=O)c1ccc(OC(=O)C(C)Oc2ccc(Cl)cc2C)cc1. The molecule has 0 saturated heterocycles. The van der Waals surface area contributed by atoms with E-state index in [4.69, 9.17) is 21.1 Å². The lowest BCUT2D eigenvalue weighted by Crippen LogP contribution is -2.28. The zero-order chi connectivity index (χ0) is 17.7. The van der Waals surface area contributed by atoms with Crippen LogP contribution in [0.2, 0.25) is 5.02 Å². The van der Waals surface area contributed by atoms with Gasteiger partial charge in [0.05, 0.1) is 0 Å². The quantitative estimate of drug-likeness (QED) is 0.435. The molecule has 2 aromatic rings. The molecule has 0 amide bonds. The molecule has 0 bridgehead atoms. The standard InChI is InChI=1S/C19H19ClO4/c1-4-17(21)14-5-8-16(9-6-14)24-19(22)13(3)23-18-10-7-15(20)11-12(18)2/h5-11,13H,4H2,1-3H3. The molecular formula is C19H19ClO4. The molecule has 0 saturated carbocycles. The van der Waals surface area contributed by atoms with E-state index < -0.39 is 12.1 Å². The molecular weight excluding hydrogens is 328 g/mol. The van der Waals surface area contributed by atoms with Gasteiger partial charge < -0.3 is 9.47 Å². The zero-order valence-corrected chi connectivity index (χ0v) is 14.6. The molecule has 2 rings (SSSR count). The summed E-state index contributed by atoms with van der Waals surface area (Å²) in [6.45, 7) is 5.27. The second-order valence-corrected chi connectivity index (χ2v) is 5.83. The third-order valence-corrected chi connectivity index (χ3v) is 3.72. The van der Waals surface area contributed by atoms with E-state index in [1.807, 2.05) is 6.92 Å². The molecule has 0 N–H and O–H groups in total. The Morgan fingerprint density at radius 2 is 1.79 bits per heavy atom. The number of benzene rings is 2. The van der Waals surface area contributed by atoms with Crippen molar-refractivity contribution in [1.29, 1.82) is 0 Å². The van der Waals surface area contributed by atoms with Crippen LogP contribution in [-0.4, -0.2) is 17.9 Å². The topological polar surface area (TPSA) is 52.6 Å². The first-order valence-electron chi connectivity index (χ1n) is 7.68. The van der Waals surface area contributed by atoms with Gasteiger partial charge in [0.25, 0.3) is 0 Å². The van der Waals surface area contributed by atoms with Gasteiger partial charge in [0.1, 0.15) is 11.5 Å². The Morgan fingerprint density at radius 3 is 2.38 bits per heavy atom. The highest BCUT2D eigenvalue weighted by atomic mass is 35.5. The number of hydrogen-bond acceptors (Lipinski definition) is 4. The Hall–Kier alpha value is -2.33. The largest absolute Gasteiger partial charge is 0.479 e. The van der Waals surface area contributed by atoms with Gasteiger partial charge in [-0.15, -0.1) is 0 Å². The number of ketones is 1. The molecule has 0 radical (unpaired) electrons. The summed E-state index contributed by atoms with van der Waals surface area (Å²) in [5.41, 5.74) is 1.43. The van der Waals surface area contributed by atoms with Gasteiger partial charge in [-0.3, -0.25) is 4.79 Å². The summed E-state index contributed by atoms with van der Waals surface area (Å²) in [4.78, 5) is 23.7. The molecule has 0 spiro atoms. The summed E-state index contributed by atoms with van der Waals surface area (Å²) >= 11 is 5.90. The molecule has 126 valence electrons. The van der Waals surface area contributed by atoms with Crippen LogP contribution in [0.1, 0.15) is 36.2 Å². The zero-order valence-electron chi connectivity index (χ0n) is 13.8. The molecule has 24 heavy (non-hydrogen) atoms. The Balaban J connectivity index is 1.99. The highest BCUT2D eigenvalue weighted by molar-refractivity contribution is 6.30. The fourth-order valence-electron chi connectivity index (χ4n) is 2.10. The second kappa shape index (κ2) is 7.97. The Kier molecular flexibility index (Phi) is 5.99. The summed E-state index contributed by atoms with van der Waals surface area (Å²) in [7, 11) is 0. The number of esters is 1. The number of Topliss-reactive ketones (excluding diaryl/α,β-unsaturated/α-hetero) is 1. The molecule has 0 aliphatic carbocycles. The van der Waals surface area contributed by atoms with E-state index in [-0.39, 0.29) is 5.78 Å². The average molecular weight is 347 g/mol. The van der Waals surface area contributed by atoms with E-state index in [1.54, 1.807) is 56.3 Å². The first-order chi connectivity index (χ1) is 11.4. The Bertz CT molecular complexity index is 738. The minimum Gasteiger partial charge on any atom is -0.479 e. The van der Waals surface area contributed by atoms with Gasteiger partial charge in [0.15, 0.2) is 11.9 Å². The van der Waals surface area contributed by atoms with Crippen molar-refractivity contribution in [2.45, 2.75) is 33.3 Å². The van der Waals surface area contributed by atoms with Gasteiger partial charge in [-0.2, -0.15) is 0 Å². The van der Waals surface area contributed by atoms with Crippen molar-refractivity contribution in [3.63, 3.8) is 0 Å². The second-order valence-electron chi connectivity index (χ2n) is 5.39. The van der Waals surface area contributed by atoms with Crippen LogP contribution in [0, 0.1) is 6.92 Å². The molecule has 5 heteroatoms. The van der Waals surface area contributed by atoms with Crippen LogP contribution in [0.4, 0.5) is 0 Å². The van der Waals surface area contributed by atoms with Gasteiger partial charge in [-0.1, -0.05) is 18.5 Å². The Labute approximate surface area is 146 Å². The number of carbonyl (C=O) groups excluding carboxylic acids is 2. The van der Waals surface area contributed by atoms with Crippen molar-refractivity contribution in [1.82, 2.24) is 0 Å². The number of hydrogen-bond donors (Lipinski definition) is 0. The van der Waals surface area contributed by atoms with E-state index >= 15 is 0 Å². The summed E-state index contributed by atoms with van der Waals surface area (Å²) < 4.78 is 10.9. The first-order valence-corrected chi connectivity index (χ1v) is 8.06. The van der Waals surface area contributed by atoms with Gasteiger partial charge in [-0.25, -0.2) is 4.79 Å². The van der Waals surface area contributed by atoms with Crippen LogP contribution in [-0.2, 0) is 4.79 Å². The summed E-state index contributed by atoms with van der Waals surface area (Å²) in [6, 6.07) is 11.7. The number of aryl methyl sites for hydroxylation is 1. The number of halogens is 1. The lowest BCUT2D eigenvalue weighted by Gasteiger charge is -2.15. The molecule has 0 fully saturated rings. The third kappa shape index (κ3) is 4.59. The van der Waals surface area contributed by atoms with Crippen LogP contribution in [0.3, 0.4) is 0 Å². The van der Waals surface area contributed by atoms with Crippen molar-refractivity contribution in [3.8, 4) is 11.5 Å². The van der Waals surface area contributed by atoms with Crippen LogP contribution in [0.15, 0.2) is 42.5 Å². The van der Waals surface area contributed by atoms with E-state index in [2.05, 4.69) is 0 Å². The average Bonchev–Trinajstić information content (AvgIpc) is 2.57. The first kappa shape index (κ1) is 18.0. The van der Waals surface area contributed by atoms with Gasteiger partial charge in [0.2, 0.25) is 0 Å². The van der Waals surface area contributed by atoms with Crippen LogP contribution in [0.25, 0.3) is 0 Å². The van der Waals surface area contributed by atoms with Crippen LogP contribution in [0.5, 0.6) is 11.5 Å². The van der Waals surface area contributed by atoms with E-state index in [0.717, 1.165) is 5.56 Å². The predicted molar refractivity (Wildman–Crippen MR) is 93.0 cm³/mol. The fourth-order valence-corrected chi connectivity index (χ4v) is 2.32. The maximum absolute atomic E-state index is 12.1. The van der Waals surface area contributed by atoms with E-state index in [1.165, 1.54) is 0 Å². The lowest BCUT2D eigenvalue weighted by atomic mass is 10.1.